The molecule has 7 nitrogen and oxygen atoms in total. The van der Waals surface area contributed by atoms with Crippen LogP contribution in [0.4, 0.5) is 4.79 Å². The lowest BCUT2D eigenvalue weighted by Crippen LogP contribution is -2.51. The Morgan fingerprint density at radius 1 is 1.17 bits per heavy atom. The third-order valence-corrected chi connectivity index (χ3v) is 5.87. The number of piperidine rings is 1. The van der Waals surface area contributed by atoms with Gasteiger partial charge in [0, 0.05) is 32.7 Å². The molecule has 0 aromatic heterocycles. The van der Waals surface area contributed by atoms with E-state index in [0.29, 0.717) is 0 Å². The molecule has 0 aliphatic carbocycles. The summed E-state index contributed by atoms with van der Waals surface area (Å²) >= 11 is 0. The highest BCUT2D eigenvalue weighted by Crippen LogP contribution is 2.46. The molecule has 1 amide bonds. The molecule has 0 N–H and O–H groups in total. The zero-order valence-electron chi connectivity index (χ0n) is 15.5. The molecule has 1 rings (SSSR count). The first kappa shape index (κ1) is 21.1. The van der Waals surface area contributed by atoms with E-state index < -0.39 is 19.3 Å². The third-order valence-electron chi connectivity index (χ3n) is 4.02. The fraction of sp³-hybridized carbons (Fsp3) is 0.875. The van der Waals surface area contributed by atoms with Crippen molar-refractivity contribution in [3.05, 3.63) is 0 Å². The highest BCUT2D eigenvalue weighted by Gasteiger charge is 2.37. The van der Waals surface area contributed by atoms with Crippen LogP contribution in [-0.2, 0) is 23.1 Å². The van der Waals surface area contributed by atoms with Gasteiger partial charge in [-0.05, 0) is 47.0 Å². The zero-order chi connectivity index (χ0) is 18.5. The minimum absolute atomic E-state index is 0.00283. The average Bonchev–Trinajstić information content (AvgIpc) is 2.45. The van der Waals surface area contributed by atoms with Crippen LogP contribution in [-0.4, -0.2) is 54.8 Å². The Kier molecular flexibility index (Phi) is 7.44. The smallest absolute Gasteiger partial charge is 0.410 e. The lowest BCUT2D eigenvalue weighted by atomic mass is 9.94. The van der Waals surface area contributed by atoms with Crippen LogP contribution < -0.4 is 0 Å². The zero-order valence-corrected chi connectivity index (χ0v) is 16.4. The number of hydrogen-bond donors (Lipinski definition) is 0. The first-order valence-corrected chi connectivity index (χ1v) is 9.97. The first-order chi connectivity index (χ1) is 11.0. The molecule has 0 unspecified atom stereocenters. The van der Waals surface area contributed by atoms with Crippen LogP contribution in [0.2, 0.25) is 0 Å². The number of hydrogen-bond acceptors (Lipinski definition) is 6. The Labute approximate surface area is 144 Å². The predicted molar refractivity (Wildman–Crippen MR) is 91.3 cm³/mol. The van der Waals surface area contributed by atoms with Crippen LogP contribution in [0.3, 0.4) is 0 Å². The molecule has 0 aromatic carbocycles. The van der Waals surface area contributed by atoms with Gasteiger partial charge >= 0.3 is 13.7 Å². The number of ketones is 1. The van der Waals surface area contributed by atoms with E-state index in [0.717, 1.165) is 19.3 Å². The summed E-state index contributed by atoms with van der Waals surface area (Å²) in [5, 5.41) is 0. The molecule has 0 saturated carbocycles. The van der Waals surface area contributed by atoms with Gasteiger partial charge in [-0.25, -0.2) is 4.79 Å². The number of Topliss-reactive ketones (excluding diaryl/α,β-unsaturated/α-hetero) is 1. The molecule has 1 aliphatic heterocycles. The largest absolute Gasteiger partial charge is 0.444 e. The predicted octanol–water partition coefficient (Wildman–Crippen LogP) is 3.61. The van der Waals surface area contributed by atoms with Gasteiger partial charge < -0.3 is 18.7 Å². The molecule has 24 heavy (non-hydrogen) atoms. The maximum Gasteiger partial charge on any atom is 0.410 e. The Balaban J connectivity index is 2.81. The van der Waals surface area contributed by atoms with Crippen LogP contribution in [0.1, 0.15) is 53.4 Å². The minimum Gasteiger partial charge on any atom is -0.444 e. The molecule has 0 spiro atoms. The minimum atomic E-state index is -3.38. The number of carbonyl (C=O) groups is 2. The highest BCUT2D eigenvalue weighted by molar-refractivity contribution is 7.54. The van der Waals surface area contributed by atoms with Crippen LogP contribution in [0.15, 0.2) is 0 Å². The normalized spacial score (nSPS) is 22.3. The summed E-state index contributed by atoms with van der Waals surface area (Å²) in [5.74, 6) is -0.241. The summed E-state index contributed by atoms with van der Waals surface area (Å²) in [6.07, 6.45) is 1.96. The van der Waals surface area contributed by atoms with E-state index in [1.54, 1.807) is 4.90 Å². The molecule has 0 aromatic rings. The van der Waals surface area contributed by atoms with Gasteiger partial charge in [0.25, 0.3) is 0 Å². The SMILES string of the molecule is COP(=O)(CC(=O)C[C@@H]1CCC[C@H](C)N1C(=O)OC(C)(C)C)OC. The molecule has 0 radical (unpaired) electrons. The van der Waals surface area contributed by atoms with E-state index in [-0.39, 0.29) is 30.4 Å². The van der Waals surface area contributed by atoms with Crippen molar-refractivity contribution < 1.29 is 27.9 Å². The van der Waals surface area contributed by atoms with Gasteiger partial charge in [-0.2, -0.15) is 0 Å². The molecule has 8 heteroatoms. The van der Waals surface area contributed by atoms with Crippen molar-refractivity contribution >= 4 is 19.5 Å². The Morgan fingerprint density at radius 3 is 2.25 bits per heavy atom. The fourth-order valence-corrected chi connectivity index (χ4v) is 3.85. The first-order valence-electron chi connectivity index (χ1n) is 8.25. The fourth-order valence-electron chi connectivity index (χ4n) is 2.88. The molecule has 1 heterocycles. The monoisotopic (exact) mass is 363 g/mol. The van der Waals surface area contributed by atoms with Crippen molar-refractivity contribution in [2.24, 2.45) is 0 Å². The van der Waals surface area contributed by atoms with Gasteiger partial charge in [-0.3, -0.25) is 9.36 Å². The standard InChI is InChI=1S/C16H30NO6P/c1-12-8-7-9-13(17(12)15(19)23-16(2,3)4)10-14(18)11-24(20,21-5)22-6/h12-13H,7-11H2,1-6H3/t12-,13-/m0/s1. The van der Waals surface area contributed by atoms with E-state index in [1.165, 1.54) is 14.2 Å². The Bertz CT molecular complexity index is 493. The van der Waals surface area contributed by atoms with Gasteiger partial charge in [0.2, 0.25) is 0 Å². The second-order valence-corrected chi connectivity index (χ2v) is 9.47. The molecule has 2 atom stereocenters. The van der Waals surface area contributed by atoms with Crippen molar-refractivity contribution in [2.45, 2.75) is 71.1 Å². The van der Waals surface area contributed by atoms with Crippen molar-refractivity contribution in [3.8, 4) is 0 Å². The molecule has 0 bridgehead atoms. The molecule has 1 saturated heterocycles. The second-order valence-electron chi connectivity index (χ2n) is 7.20. The Hall–Kier alpha value is -0.910. The van der Waals surface area contributed by atoms with Crippen molar-refractivity contribution in [3.63, 3.8) is 0 Å². The Morgan fingerprint density at radius 2 is 1.75 bits per heavy atom. The lowest BCUT2D eigenvalue weighted by Gasteiger charge is -2.41. The number of ether oxygens (including phenoxy) is 1. The van der Waals surface area contributed by atoms with Gasteiger partial charge in [0.15, 0.2) is 0 Å². The number of carbonyl (C=O) groups excluding carboxylic acids is 2. The van der Waals surface area contributed by atoms with E-state index in [1.807, 2.05) is 27.7 Å². The van der Waals surface area contributed by atoms with Crippen molar-refractivity contribution in [2.75, 3.05) is 20.4 Å². The van der Waals surface area contributed by atoms with E-state index in [2.05, 4.69) is 0 Å². The molecule has 140 valence electrons. The summed E-state index contributed by atoms with van der Waals surface area (Å²) in [5.41, 5.74) is -0.593. The van der Waals surface area contributed by atoms with Crippen molar-refractivity contribution in [1.82, 2.24) is 4.90 Å². The number of likely N-dealkylation sites (tertiary alicyclic amines) is 1. The van der Waals surface area contributed by atoms with Gasteiger partial charge in [0.05, 0.1) is 0 Å². The van der Waals surface area contributed by atoms with Crippen LogP contribution in [0.5, 0.6) is 0 Å². The van der Waals surface area contributed by atoms with Crippen molar-refractivity contribution in [1.29, 1.82) is 0 Å². The summed E-state index contributed by atoms with van der Waals surface area (Å²) in [6.45, 7) is 7.39. The highest BCUT2D eigenvalue weighted by atomic mass is 31.2. The average molecular weight is 363 g/mol. The summed E-state index contributed by atoms with van der Waals surface area (Å²) in [4.78, 5) is 26.4. The van der Waals surface area contributed by atoms with Gasteiger partial charge in [0.1, 0.15) is 17.5 Å². The van der Waals surface area contributed by atoms with Gasteiger partial charge in [-0.15, -0.1) is 0 Å². The van der Waals surface area contributed by atoms with Crippen LogP contribution in [0, 0.1) is 0 Å². The number of amides is 1. The molecule has 1 aliphatic rings. The van der Waals surface area contributed by atoms with E-state index in [4.69, 9.17) is 13.8 Å². The molecular formula is C16H30NO6P. The van der Waals surface area contributed by atoms with Gasteiger partial charge in [-0.1, -0.05) is 0 Å². The number of rotatable bonds is 6. The topological polar surface area (TPSA) is 82.1 Å². The molecular weight excluding hydrogens is 333 g/mol. The maximum atomic E-state index is 12.5. The lowest BCUT2D eigenvalue weighted by molar-refractivity contribution is -0.118. The van der Waals surface area contributed by atoms with E-state index in [9.17, 15) is 14.2 Å². The second kappa shape index (κ2) is 8.45. The van der Waals surface area contributed by atoms with E-state index >= 15 is 0 Å². The summed E-state index contributed by atoms with van der Waals surface area (Å²) in [6, 6.07) is -0.249. The molecule has 1 fully saturated rings. The summed E-state index contributed by atoms with van der Waals surface area (Å²) in [7, 11) is -0.867. The quantitative estimate of drug-likeness (QED) is 0.671. The van der Waals surface area contributed by atoms with Crippen LogP contribution >= 0.6 is 7.60 Å². The maximum absolute atomic E-state index is 12.5. The van der Waals surface area contributed by atoms with Crippen LogP contribution in [0.25, 0.3) is 0 Å². The summed E-state index contributed by atoms with van der Waals surface area (Å²) < 4.78 is 27.2. The number of nitrogens with zero attached hydrogens (tertiary/aromatic N) is 1. The third kappa shape index (κ3) is 6.19.